The fraction of sp³-hybridized carbons (Fsp3) is 0.417. The zero-order valence-electron chi connectivity index (χ0n) is 11.3. The van der Waals surface area contributed by atoms with Crippen molar-refractivity contribution in [3.8, 4) is 0 Å². The zero-order chi connectivity index (χ0) is 15.5. The van der Waals surface area contributed by atoms with Crippen LogP contribution < -0.4 is 0 Å². The number of ether oxygens (including phenoxy) is 1. The summed E-state index contributed by atoms with van der Waals surface area (Å²) < 4.78 is 31.7. The minimum absolute atomic E-state index is 0.0989. The van der Waals surface area contributed by atoms with Gasteiger partial charge in [-0.1, -0.05) is 15.9 Å². The van der Waals surface area contributed by atoms with Crippen molar-refractivity contribution in [2.24, 2.45) is 0 Å². The lowest BCUT2D eigenvalue weighted by molar-refractivity contribution is -0.143. The van der Waals surface area contributed by atoms with Gasteiger partial charge in [-0.15, -0.1) is 0 Å². The number of carbonyl (C=O) groups is 1. The van der Waals surface area contributed by atoms with Crippen LogP contribution in [0, 0.1) is 6.92 Å². The van der Waals surface area contributed by atoms with Crippen LogP contribution in [0.5, 0.6) is 0 Å². The Morgan fingerprint density at radius 1 is 1.30 bits per heavy atom. The van der Waals surface area contributed by atoms with Gasteiger partial charge in [0.25, 0.3) is 0 Å². The number of aryl methyl sites for hydroxylation is 1. The Bertz CT molecular complexity index is 616. The summed E-state index contributed by atoms with van der Waals surface area (Å²) >= 11 is 6.54. The lowest BCUT2D eigenvalue weighted by Gasteiger charge is -2.17. The summed E-state index contributed by atoms with van der Waals surface area (Å²) in [6.07, 6.45) is 0. The summed E-state index contributed by atoms with van der Waals surface area (Å²) in [6, 6.07) is 3.21. The molecule has 0 unspecified atom stereocenters. The Morgan fingerprint density at radius 3 is 2.45 bits per heavy atom. The second kappa shape index (κ2) is 7.02. The van der Waals surface area contributed by atoms with Crippen LogP contribution in [-0.2, 0) is 19.6 Å². The van der Waals surface area contributed by atoms with Crippen molar-refractivity contribution in [3.05, 3.63) is 26.6 Å². The van der Waals surface area contributed by atoms with Crippen molar-refractivity contribution in [2.45, 2.75) is 18.7 Å². The molecule has 0 heterocycles. The van der Waals surface area contributed by atoms with Crippen molar-refractivity contribution in [1.29, 1.82) is 0 Å². The van der Waals surface area contributed by atoms with Crippen LogP contribution in [0.25, 0.3) is 0 Å². The van der Waals surface area contributed by atoms with E-state index in [0.717, 1.165) is 9.87 Å². The lowest BCUT2D eigenvalue weighted by Crippen LogP contribution is -2.33. The van der Waals surface area contributed by atoms with Crippen LogP contribution >= 0.6 is 31.9 Å². The first kappa shape index (κ1) is 17.6. The average molecular weight is 429 g/mol. The highest BCUT2D eigenvalue weighted by molar-refractivity contribution is 9.11. The molecular weight excluding hydrogens is 414 g/mol. The monoisotopic (exact) mass is 427 g/mol. The summed E-state index contributed by atoms with van der Waals surface area (Å²) in [5, 5.41) is 0. The molecule has 1 aromatic rings. The van der Waals surface area contributed by atoms with Gasteiger partial charge in [0.1, 0.15) is 6.54 Å². The van der Waals surface area contributed by atoms with Gasteiger partial charge >= 0.3 is 5.97 Å². The van der Waals surface area contributed by atoms with E-state index in [1.54, 1.807) is 13.0 Å². The molecule has 0 aliphatic heterocycles. The first-order valence-corrected chi connectivity index (χ1v) is 8.80. The van der Waals surface area contributed by atoms with Crippen LogP contribution in [0.1, 0.15) is 12.5 Å². The van der Waals surface area contributed by atoms with E-state index in [9.17, 15) is 13.2 Å². The number of carbonyl (C=O) groups excluding carboxylic acids is 1. The molecular formula is C12H15Br2NO4S. The maximum Gasteiger partial charge on any atom is 0.321 e. The Morgan fingerprint density at radius 2 is 1.90 bits per heavy atom. The number of nitrogens with zero attached hydrogens (tertiary/aromatic N) is 1. The van der Waals surface area contributed by atoms with Gasteiger partial charge in [-0.3, -0.25) is 4.79 Å². The normalized spacial score (nSPS) is 11.7. The first-order chi connectivity index (χ1) is 9.20. The summed E-state index contributed by atoms with van der Waals surface area (Å²) in [5.41, 5.74) is 0.906. The standard InChI is InChI=1S/C12H15Br2NO4S/c1-4-19-12(16)7-15(3)20(17,18)11-6-9(13)8(2)5-10(11)14/h5-6H,4,7H2,1-3H3. The molecule has 0 saturated heterocycles. The maximum absolute atomic E-state index is 12.4. The minimum atomic E-state index is -3.77. The molecule has 0 spiro atoms. The number of hydrogen-bond acceptors (Lipinski definition) is 4. The van der Waals surface area contributed by atoms with Crippen LogP contribution in [0.4, 0.5) is 0 Å². The number of esters is 1. The predicted octanol–water partition coefficient (Wildman–Crippen LogP) is 2.70. The molecule has 20 heavy (non-hydrogen) atoms. The number of sulfonamides is 1. The van der Waals surface area contributed by atoms with E-state index >= 15 is 0 Å². The molecule has 0 N–H and O–H groups in total. The Kier molecular flexibility index (Phi) is 6.18. The van der Waals surface area contributed by atoms with Gasteiger partial charge in [0, 0.05) is 16.0 Å². The topological polar surface area (TPSA) is 63.7 Å². The van der Waals surface area contributed by atoms with E-state index in [-0.39, 0.29) is 18.0 Å². The largest absolute Gasteiger partial charge is 0.465 e. The number of benzene rings is 1. The van der Waals surface area contributed by atoms with Crippen molar-refractivity contribution in [2.75, 3.05) is 20.2 Å². The molecule has 0 aromatic heterocycles. The summed E-state index contributed by atoms with van der Waals surface area (Å²) in [4.78, 5) is 11.5. The van der Waals surface area contributed by atoms with Gasteiger partial charge in [-0.2, -0.15) is 4.31 Å². The van der Waals surface area contributed by atoms with Gasteiger partial charge in [0.2, 0.25) is 10.0 Å². The molecule has 0 amide bonds. The van der Waals surface area contributed by atoms with E-state index in [1.807, 2.05) is 6.92 Å². The molecule has 5 nitrogen and oxygen atoms in total. The summed E-state index contributed by atoms with van der Waals surface area (Å²) in [7, 11) is -2.43. The Balaban J connectivity index is 3.11. The van der Waals surface area contributed by atoms with Crippen LogP contribution in [-0.4, -0.2) is 38.9 Å². The molecule has 0 atom stereocenters. The van der Waals surface area contributed by atoms with E-state index in [0.29, 0.717) is 8.95 Å². The molecule has 0 radical (unpaired) electrons. The van der Waals surface area contributed by atoms with Crippen molar-refractivity contribution in [3.63, 3.8) is 0 Å². The quantitative estimate of drug-likeness (QED) is 0.676. The third kappa shape index (κ3) is 4.03. The molecule has 0 saturated carbocycles. The Hall–Kier alpha value is -0.440. The average Bonchev–Trinajstić information content (AvgIpc) is 2.33. The van der Waals surface area contributed by atoms with Crippen LogP contribution in [0.15, 0.2) is 26.0 Å². The van der Waals surface area contributed by atoms with Gasteiger partial charge in [0.05, 0.1) is 11.5 Å². The smallest absolute Gasteiger partial charge is 0.321 e. The van der Waals surface area contributed by atoms with Gasteiger partial charge in [-0.05, 0) is 47.5 Å². The Labute approximate surface area is 135 Å². The molecule has 1 rings (SSSR count). The highest BCUT2D eigenvalue weighted by atomic mass is 79.9. The van der Waals surface area contributed by atoms with E-state index < -0.39 is 16.0 Å². The van der Waals surface area contributed by atoms with E-state index in [4.69, 9.17) is 4.74 Å². The fourth-order valence-corrected chi connectivity index (χ4v) is 4.22. The molecule has 112 valence electrons. The van der Waals surface area contributed by atoms with Gasteiger partial charge < -0.3 is 4.74 Å². The third-order valence-electron chi connectivity index (χ3n) is 2.56. The fourth-order valence-electron chi connectivity index (χ4n) is 1.47. The number of likely N-dealkylation sites (N-methyl/N-ethyl adjacent to an activating group) is 1. The van der Waals surface area contributed by atoms with Crippen molar-refractivity contribution < 1.29 is 17.9 Å². The summed E-state index contributed by atoms with van der Waals surface area (Å²) in [6.45, 7) is 3.41. The van der Waals surface area contributed by atoms with Crippen molar-refractivity contribution in [1.82, 2.24) is 4.31 Å². The maximum atomic E-state index is 12.4. The van der Waals surface area contributed by atoms with E-state index in [1.165, 1.54) is 13.1 Å². The second-order valence-electron chi connectivity index (χ2n) is 4.10. The molecule has 0 bridgehead atoms. The molecule has 1 aromatic carbocycles. The minimum Gasteiger partial charge on any atom is -0.465 e. The first-order valence-electron chi connectivity index (χ1n) is 5.77. The SMILES string of the molecule is CCOC(=O)CN(C)S(=O)(=O)c1cc(Br)c(C)cc1Br. The molecule has 0 fully saturated rings. The number of rotatable bonds is 5. The van der Waals surface area contributed by atoms with Crippen molar-refractivity contribution >= 4 is 47.9 Å². The van der Waals surface area contributed by atoms with Crippen LogP contribution in [0.2, 0.25) is 0 Å². The second-order valence-corrected chi connectivity index (χ2v) is 7.82. The molecule has 8 heteroatoms. The van der Waals surface area contributed by atoms with Crippen LogP contribution in [0.3, 0.4) is 0 Å². The molecule has 0 aliphatic carbocycles. The van der Waals surface area contributed by atoms with Gasteiger partial charge in [0.15, 0.2) is 0 Å². The van der Waals surface area contributed by atoms with Gasteiger partial charge in [-0.25, -0.2) is 8.42 Å². The zero-order valence-corrected chi connectivity index (χ0v) is 15.3. The highest BCUT2D eigenvalue weighted by Crippen LogP contribution is 2.30. The summed E-state index contributed by atoms with van der Waals surface area (Å²) in [5.74, 6) is -0.583. The highest BCUT2D eigenvalue weighted by Gasteiger charge is 2.26. The lowest BCUT2D eigenvalue weighted by atomic mass is 10.2. The predicted molar refractivity (Wildman–Crippen MR) is 83.0 cm³/mol. The molecule has 0 aliphatic rings. The van der Waals surface area contributed by atoms with E-state index in [2.05, 4.69) is 31.9 Å². The third-order valence-corrected chi connectivity index (χ3v) is 6.17. The number of hydrogen-bond donors (Lipinski definition) is 0. The number of halogens is 2.